The summed E-state index contributed by atoms with van der Waals surface area (Å²) in [4.78, 5) is 28.9. The number of aryl methyl sites for hydroxylation is 1. The van der Waals surface area contributed by atoms with Crippen LogP contribution in [-0.2, 0) is 6.42 Å². The van der Waals surface area contributed by atoms with E-state index in [-0.39, 0.29) is 11.5 Å². The molecule has 0 fully saturated rings. The Morgan fingerprint density at radius 2 is 2.08 bits per heavy atom. The minimum Gasteiger partial charge on any atom is -0.322 e. The summed E-state index contributed by atoms with van der Waals surface area (Å²) < 4.78 is 1.27. The van der Waals surface area contributed by atoms with Crippen molar-refractivity contribution in [1.82, 2.24) is 14.6 Å². The van der Waals surface area contributed by atoms with Gasteiger partial charge in [0.05, 0.1) is 0 Å². The molecule has 0 unspecified atom stereocenters. The van der Waals surface area contributed by atoms with Gasteiger partial charge in [-0.1, -0.05) is 32.0 Å². The van der Waals surface area contributed by atoms with Crippen molar-refractivity contribution in [2.75, 3.05) is 5.32 Å². The van der Waals surface area contributed by atoms with Crippen molar-refractivity contribution in [2.24, 2.45) is 5.92 Å². The first-order valence-electron chi connectivity index (χ1n) is 7.92. The molecule has 6 nitrogen and oxygen atoms in total. The Kier molecular flexibility index (Phi) is 4.20. The monoisotopic (exact) mass is 324 g/mol. The molecule has 3 rings (SSSR count). The lowest BCUT2D eigenvalue weighted by Gasteiger charge is -2.12. The number of amides is 1. The van der Waals surface area contributed by atoms with Gasteiger partial charge in [-0.15, -0.1) is 0 Å². The maximum Gasteiger partial charge on any atom is 0.272 e. The van der Waals surface area contributed by atoms with Crippen LogP contribution in [0.3, 0.4) is 0 Å². The second-order valence-corrected chi connectivity index (χ2v) is 6.29. The molecule has 0 aliphatic heterocycles. The van der Waals surface area contributed by atoms with Gasteiger partial charge in [-0.2, -0.15) is 0 Å². The molecule has 6 heteroatoms. The molecule has 3 aromatic rings. The van der Waals surface area contributed by atoms with E-state index in [4.69, 9.17) is 0 Å². The predicted octanol–water partition coefficient (Wildman–Crippen LogP) is 2.78. The van der Waals surface area contributed by atoms with Crippen molar-refractivity contribution in [1.29, 1.82) is 0 Å². The summed E-state index contributed by atoms with van der Waals surface area (Å²) in [7, 11) is 0. The molecule has 0 aliphatic carbocycles. The summed E-state index contributed by atoms with van der Waals surface area (Å²) in [6, 6.07) is 9.17. The Labute approximate surface area is 139 Å². The summed E-state index contributed by atoms with van der Waals surface area (Å²) in [6.45, 7) is 6.00. The molecule has 0 aliphatic rings. The molecule has 2 aromatic heterocycles. The number of H-pyrrole nitrogens is 1. The molecule has 0 saturated carbocycles. The molecular formula is C18H20N4O2. The number of hydrogen-bond donors (Lipinski definition) is 2. The summed E-state index contributed by atoms with van der Waals surface area (Å²) in [5, 5.41) is 5.71. The first-order valence-corrected chi connectivity index (χ1v) is 7.92. The second kappa shape index (κ2) is 6.31. The number of carbonyl (C=O) groups excluding carboxylic acids is 1. The quantitative estimate of drug-likeness (QED) is 0.774. The molecule has 0 radical (unpaired) electrons. The lowest BCUT2D eigenvalue weighted by Crippen LogP contribution is -2.17. The summed E-state index contributed by atoms with van der Waals surface area (Å²) in [5.74, 6) is 0.196. The average molecular weight is 324 g/mol. The van der Waals surface area contributed by atoms with Gasteiger partial charge in [0, 0.05) is 23.6 Å². The van der Waals surface area contributed by atoms with Crippen molar-refractivity contribution < 1.29 is 4.79 Å². The number of nitrogens with zero attached hydrogens (tertiary/aromatic N) is 2. The van der Waals surface area contributed by atoms with Gasteiger partial charge in [0.15, 0.2) is 5.65 Å². The minimum absolute atomic E-state index is 0.239. The number of anilines is 1. The third-order valence-electron chi connectivity index (χ3n) is 3.76. The topological polar surface area (TPSA) is 79.3 Å². The van der Waals surface area contributed by atoms with E-state index in [1.165, 1.54) is 16.8 Å². The third kappa shape index (κ3) is 3.08. The van der Waals surface area contributed by atoms with Crippen LogP contribution in [0.15, 0.2) is 41.3 Å². The molecule has 0 atom stereocenters. The van der Waals surface area contributed by atoms with Crippen molar-refractivity contribution in [3.05, 3.63) is 63.7 Å². The zero-order valence-corrected chi connectivity index (χ0v) is 14.0. The van der Waals surface area contributed by atoms with Gasteiger partial charge >= 0.3 is 0 Å². The van der Waals surface area contributed by atoms with Gasteiger partial charge in [0.1, 0.15) is 5.56 Å². The number of para-hydroxylation sites is 1. The number of aromatic nitrogens is 3. The molecular weight excluding hydrogens is 304 g/mol. The largest absolute Gasteiger partial charge is 0.322 e. The van der Waals surface area contributed by atoms with Crippen LogP contribution >= 0.6 is 0 Å². The maximum absolute atomic E-state index is 12.7. The number of aromatic amines is 1. The normalized spacial score (nSPS) is 11.2. The average Bonchev–Trinajstić information content (AvgIpc) is 2.92. The fraction of sp³-hybridized carbons (Fsp3) is 0.278. The van der Waals surface area contributed by atoms with Gasteiger partial charge in [-0.3, -0.25) is 14.7 Å². The number of carbonyl (C=O) groups is 1. The van der Waals surface area contributed by atoms with Crippen molar-refractivity contribution in [3.8, 4) is 0 Å². The Bertz CT molecular complexity index is 953. The molecule has 0 saturated heterocycles. The number of hydrogen-bond acceptors (Lipinski definition) is 3. The zero-order chi connectivity index (χ0) is 17.3. The van der Waals surface area contributed by atoms with Crippen LogP contribution in [-0.4, -0.2) is 20.5 Å². The van der Waals surface area contributed by atoms with E-state index < -0.39 is 0 Å². The smallest absolute Gasteiger partial charge is 0.272 e. The number of rotatable bonds is 4. The minimum atomic E-state index is -0.289. The summed E-state index contributed by atoms with van der Waals surface area (Å²) >= 11 is 0. The highest BCUT2D eigenvalue weighted by Crippen LogP contribution is 2.20. The van der Waals surface area contributed by atoms with E-state index in [1.54, 1.807) is 6.92 Å². The lowest BCUT2D eigenvalue weighted by molar-refractivity contribution is 0.102. The van der Waals surface area contributed by atoms with Crippen LogP contribution in [0.4, 0.5) is 5.69 Å². The van der Waals surface area contributed by atoms with Crippen LogP contribution in [0.2, 0.25) is 0 Å². The molecule has 24 heavy (non-hydrogen) atoms. The Balaban J connectivity index is 1.96. The van der Waals surface area contributed by atoms with Gasteiger partial charge < -0.3 is 5.32 Å². The molecule has 0 bridgehead atoms. The lowest BCUT2D eigenvalue weighted by atomic mass is 10.0. The Morgan fingerprint density at radius 3 is 2.83 bits per heavy atom. The highest BCUT2D eigenvalue weighted by molar-refractivity contribution is 6.08. The maximum atomic E-state index is 12.7. The molecule has 1 amide bonds. The standard InChI is InChI=1S/C18H20N4O2/c1-11(2)8-13-6-4-5-7-15(13)21-18(24)14-10-19-22-16(23)9-12(3)20-17(14)22/h4-7,9-11,19H,8H2,1-3H3,(H,21,24). The SMILES string of the molecule is Cc1cc(=O)n2[nH]cc(C(=O)Nc3ccccc3CC(C)C)c2n1. The second-order valence-electron chi connectivity index (χ2n) is 6.29. The summed E-state index contributed by atoms with van der Waals surface area (Å²) in [5.41, 5.74) is 2.88. The van der Waals surface area contributed by atoms with Crippen LogP contribution < -0.4 is 10.9 Å². The van der Waals surface area contributed by atoms with Gasteiger partial charge in [0.25, 0.3) is 11.5 Å². The van der Waals surface area contributed by atoms with Crippen LogP contribution in [0.25, 0.3) is 5.65 Å². The van der Waals surface area contributed by atoms with Crippen molar-refractivity contribution in [2.45, 2.75) is 27.2 Å². The fourth-order valence-corrected chi connectivity index (χ4v) is 2.71. The van der Waals surface area contributed by atoms with Crippen molar-refractivity contribution >= 4 is 17.2 Å². The first-order chi connectivity index (χ1) is 11.5. The Morgan fingerprint density at radius 1 is 1.33 bits per heavy atom. The van der Waals surface area contributed by atoms with Gasteiger partial charge in [-0.25, -0.2) is 9.50 Å². The third-order valence-corrected chi connectivity index (χ3v) is 3.76. The molecule has 2 N–H and O–H groups in total. The number of fused-ring (bicyclic) bond motifs is 1. The number of benzene rings is 1. The van der Waals surface area contributed by atoms with E-state index in [1.807, 2.05) is 24.3 Å². The van der Waals surface area contributed by atoms with E-state index in [0.29, 0.717) is 22.8 Å². The predicted molar refractivity (Wildman–Crippen MR) is 93.5 cm³/mol. The summed E-state index contributed by atoms with van der Waals surface area (Å²) in [6.07, 6.45) is 2.38. The molecule has 2 heterocycles. The van der Waals surface area contributed by atoms with Crippen LogP contribution in [0.5, 0.6) is 0 Å². The van der Waals surface area contributed by atoms with Gasteiger partial charge in [0.2, 0.25) is 0 Å². The molecule has 124 valence electrons. The van der Waals surface area contributed by atoms with Crippen LogP contribution in [0.1, 0.15) is 35.5 Å². The fourth-order valence-electron chi connectivity index (χ4n) is 2.71. The van der Waals surface area contributed by atoms with E-state index in [0.717, 1.165) is 17.7 Å². The van der Waals surface area contributed by atoms with Crippen molar-refractivity contribution in [3.63, 3.8) is 0 Å². The highest BCUT2D eigenvalue weighted by atomic mass is 16.2. The first kappa shape index (κ1) is 16.0. The highest BCUT2D eigenvalue weighted by Gasteiger charge is 2.16. The number of nitrogens with one attached hydrogen (secondary N) is 2. The molecule has 1 aromatic carbocycles. The molecule has 0 spiro atoms. The van der Waals surface area contributed by atoms with E-state index >= 15 is 0 Å². The van der Waals surface area contributed by atoms with E-state index in [9.17, 15) is 9.59 Å². The van der Waals surface area contributed by atoms with E-state index in [2.05, 4.69) is 29.2 Å². The van der Waals surface area contributed by atoms with Gasteiger partial charge in [-0.05, 0) is 30.9 Å². The Hall–Kier alpha value is -2.89. The van der Waals surface area contributed by atoms with Crippen LogP contribution in [0, 0.1) is 12.8 Å². The zero-order valence-electron chi connectivity index (χ0n) is 14.0.